The summed E-state index contributed by atoms with van der Waals surface area (Å²) in [7, 11) is 0. The second-order valence-corrected chi connectivity index (χ2v) is 6.54. The molecule has 0 aliphatic carbocycles. The van der Waals surface area contributed by atoms with E-state index in [1.807, 2.05) is 0 Å². The van der Waals surface area contributed by atoms with E-state index in [1.54, 1.807) is 31.2 Å². The predicted molar refractivity (Wildman–Crippen MR) is 105 cm³/mol. The number of benzene rings is 1. The van der Waals surface area contributed by atoms with Crippen LogP contribution in [0.3, 0.4) is 0 Å². The fraction of sp³-hybridized carbons (Fsp3) is 0.333. The smallest absolute Gasteiger partial charge is 0.306 e. The van der Waals surface area contributed by atoms with E-state index < -0.39 is 11.9 Å². The van der Waals surface area contributed by atoms with Gasteiger partial charge in [0.05, 0.1) is 31.5 Å². The first kappa shape index (κ1) is 21.1. The Morgan fingerprint density at radius 2 is 2.03 bits per heavy atom. The van der Waals surface area contributed by atoms with Gasteiger partial charge >= 0.3 is 5.97 Å². The van der Waals surface area contributed by atoms with Crippen LogP contribution in [0.4, 0.5) is 5.69 Å². The summed E-state index contributed by atoms with van der Waals surface area (Å²) in [6, 6.07) is 8.08. The van der Waals surface area contributed by atoms with Gasteiger partial charge in [-0.05, 0) is 37.3 Å². The van der Waals surface area contributed by atoms with Crippen molar-refractivity contribution >= 4 is 29.3 Å². The first-order chi connectivity index (χ1) is 14.5. The first-order valence-corrected chi connectivity index (χ1v) is 9.53. The molecule has 2 heterocycles. The van der Waals surface area contributed by atoms with Gasteiger partial charge < -0.3 is 19.2 Å². The van der Waals surface area contributed by atoms with E-state index >= 15 is 0 Å². The molecule has 1 aromatic heterocycles. The summed E-state index contributed by atoms with van der Waals surface area (Å²) in [5, 5.41) is 2.68. The van der Waals surface area contributed by atoms with E-state index in [0.29, 0.717) is 22.8 Å². The summed E-state index contributed by atoms with van der Waals surface area (Å²) in [4.78, 5) is 49.9. The summed E-state index contributed by atoms with van der Waals surface area (Å²) in [6.45, 7) is 1.72. The van der Waals surface area contributed by atoms with E-state index in [0.717, 1.165) is 0 Å². The van der Waals surface area contributed by atoms with Crippen LogP contribution >= 0.6 is 0 Å². The molecule has 0 atom stereocenters. The van der Waals surface area contributed by atoms with Gasteiger partial charge in [-0.1, -0.05) is 0 Å². The average molecular weight is 414 g/mol. The molecule has 2 amide bonds. The highest BCUT2D eigenvalue weighted by Gasteiger charge is 2.28. The van der Waals surface area contributed by atoms with Crippen LogP contribution in [0.2, 0.25) is 0 Å². The monoisotopic (exact) mass is 414 g/mol. The molecule has 0 fully saturated rings. The van der Waals surface area contributed by atoms with Crippen LogP contribution < -0.4 is 15.0 Å². The highest BCUT2D eigenvalue weighted by molar-refractivity contribution is 6.04. The number of esters is 1. The lowest BCUT2D eigenvalue weighted by atomic mass is 10.0. The second kappa shape index (κ2) is 9.73. The minimum Gasteiger partial charge on any atom is -0.482 e. The molecule has 0 saturated heterocycles. The highest BCUT2D eigenvalue weighted by atomic mass is 16.5. The van der Waals surface area contributed by atoms with Gasteiger partial charge in [-0.15, -0.1) is 0 Å². The number of carbonyl (C=O) groups is 4. The SMILES string of the molecule is CCOC(=O)CCC(=O)c1ccc2c(c1)N(CC(=O)NCc1ccco1)C(=O)CO2. The lowest BCUT2D eigenvalue weighted by Gasteiger charge is -2.29. The Morgan fingerprint density at radius 1 is 1.20 bits per heavy atom. The van der Waals surface area contributed by atoms with Crippen molar-refractivity contribution in [3.8, 4) is 5.75 Å². The molecule has 3 rings (SSSR count). The number of hydrogen-bond acceptors (Lipinski definition) is 7. The zero-order valence-electron chi connectivity index (χ0n) is 16.5. The van der Waals surface area contributed by atoms with Gasteiger partial charge in [-0.3, -0.25) is 24.1 Å². The van der Waals surface area contributed by atoms with Gasteiger partial charge in [0.25, 0.3) is 5.91 Å². The minimum atomic E-state index is -0.447. The van der Waals surface area contributed by atoms with Crippen LogP contribution in [0.15, 0.2) is 41.0 Å². The van der Waals surface area contributed by atoms with E-state index in [4.69, 9.17) is 13.9 Å². The fourth-order valence-electron chi connectivity index (χ4n) is 2.94. The largest absolute Gasteiger partial charge is 0.482 e. The maximum atomic E-state index is 12.4. The van der Waals surface area contributed by atoms with Crippen molar-refractivity contribution in [2.45, 2.75) is 26.3 Å². The third-order valence-electron chi connectivity index (χ3n) is 4.43. The number of ketones is 1. The number of hydrogen-bond donors (Lipinski definition) is 1. The molecular weight excluding hydrogens is 392 g/mol. The molecule has 30 heavy (non-hydrogen) atoms. The number of amides is 2. The van der Waals surface area contributed by atoms with Gasteiger partial charge in [0, 0.05) is 12.0 Å². The highest BCUT2D eigenvalue weighted by Crippen LogP contribution is 2.33. The zero-order chi connectivity index (χ0) is 21.5. The van der Waals surface area contributed by atoms with Gasteiger partial charge in [-0.2, -0.15) is 0 Å². The summed E-state index contributed by atoms with van der Waals surface area (Å²) in [6.07, 6.45) is 1.46. The van der Waals surface area contributed by atoms with Crippen LogP contribution in [0.25, 0.3) is 0 Å². The van der Waals surface area contributed by atoms with Gasteiger partial charge in [0.1, 0.15) is 18.1 Å². The van der Waals surface area contributed by atoms with E-state index in [-0.39, 0.29) is 50.8 Å². The molecule has 2 aromatic rings. The number of nitrogens with one attached hydrogen (secondary N) is 1. The van der Waals surface area contributed by atoms with Crippen molar-refractivity contribution in [1.29, 1.82) is 0 Å². The maximum Gasteiger partial charge on any atom is 0.306 e. The summed E-state index contributed by atoms with van der Waals surface area (Å²) < 4.78 is 15.4. The average Bonchev–Trinajstić information content (AvgIpc) is 3.26. The molecule has 158 valence electrons. The number of rotatable bonds is 9. The number of fused-ring (bicyclic) bond motifs is 1. The Labute approximate surface area is 172 Å². The minimum absolute atomic E-state index is 0.0178. The number of furan rings is 1. The molecule has 1 aliphatic rings. The van der Waals surface area contributed by atoms with Gasteiger partial charge in [0.2, 0.25) is 5.91 Å². The van der Waals surface area contributed by atoms with Crippen molar-refractivity contribution < 1.29 is 33.1 Å². The molecule has 0 unspecified atom stereocenters. The number of nitrogens with zero attached hydrogens (tertiary/aromatic N) is 1. The third kappa shape index (κ3) is 5.25. The van der Waals surface area contributed by atoms with E-state index in [2.05, 4.69) is 5.32 Å². The van der Waals surface area contributed by atoms with Crippen LogP contribution in [0.1, 0.15) is 35.9 Å². The molecule has 1 aliphatic heterocycles. The van der Waals surface area contributed by atoms with E-state index in [9.17, 15) is 19.2 Å². The zero-order valence-corrected chi connectivity index (χ0v) is 16.5. The van der Waals surface area contributed by atoms with Crippen molar-refractivity contribution in [1.82, 2.24) is 5.32 Å². The predicted octanol–water partition coefficient (Wildman–Crippen LogP) is 1.85. The lowest BCUT2D eigenvalue weighted by molar-refractivity contribution is -0.143. The number of anilines is 1. The number of Topliss-reactive ketones (excluding diaryl/α,β-unsaturated/α-hetero) is 1. The number of carbonyl (C=O) groups excluding carboxylic acids is 4. The van der Waals surface area contributed by atoms with Crippen molar-refractivity contribution in [2.24, 2.45) is 0 Å². The molecule has 1 N–H and O–H groups in total. The summed E-state index contributed by atoms with van der Waals surface area (Å²) in [5.41, 5.74) is 0.652. The van der Waals surface area contributed by atoms with Gasteiger partial charge in [0.15, 0.2) is 12.4 Å². The molecule has 0 spiro atoms. The Kier molecular flexibility index (Phi) is 6.84. The number of ether oxygens (including phenoxy) is 2. The normalized spacial score (nSPS) is 12.7. The maximum absolute atomic E-state index is 12.4. The third-order valence-corrected chi connectivity index (χ3v) is 4.43. The fourth-order valence-corrected chi connectivity index (χ4v) is 2.94. The molecule has 0 saturated carbocycles. The first-order valence-electron chi connectivity index (χ1n) is 9.53. The van der Waals surface area contributed by atoms with E-state index in [1.165, 1.54) is 17.2 Å². The van der Waals surface area contributed by atoms with Crippen LogP contribution in [-0.4, -0.2) is 43.3 Å². The van der Waals surface area contributed by atoms with Crippen LogP contribution in [0, 0.1) is 0 Å². The Morgan fingerprint density at radius 3 is 2.77 bits per heavy atom. The van der Waals surface area contributed by atoms with Crippen LogP contribution in [0.5, 0.6) is 5.75 Å². The molecule has 1 aromatic carbocycles. The van der Waals surface area contributed by atoms with Crippen molar-refractivity contribution in [3.63, 3.8) is 0 Å². The summed E-state index contributed by atoms with van der Waals surface area (Å²) in [5.74, 6) is -0.511. The molecule has 9 heteroatoms. The molecule has 9 nitrogen and oxygen atoms in total. The van der Waals surface area contributed by atoms with Crippen molar-refractivity contribution in [3.05, 3.63) is 47.9 Å². The summed E-state index contributed by atoms with van der Waals surface area (Å²) >= 11 is 0. The standard InChI is InChI=1S/C21H22N2O7/c1-2-28-21(27)8-6-17(24)14-5-7-18-16(10-14)23(20(26)13-30-18)12-19(25)22-11-15-4-3-9-29-15/h3-5,7,9-10H,2,6,8,11-13H2,1H3,(H,22,25). The molecule has 0 bridgehead atoms. The van der Waals surface area contributed by atoms with Gasteiger partial charge in [-0.25, -0.2) is 0 Å². The van der Waals surface area contributed by atoms with Crippen molar-refractivity contribution in [2.75, 3.05) is 24.7 Å². The lowest BCUT2D eigenvalue weighted by Crippen LogP contribution is -2.45. The van der Waals surface area contributed by atoms with Crippen LogP contribution in [-0.2, 0) is 25.7 Å². The molecular formula is C21H22N2O7. The molecule has 0 radical (unpaired) electrons. The quantitative estimate of drug-likeness (QED) is 0.492. The topological polar surface area (TPSA) is 115 Å². The Hall–Kier alpha value is -3.62. The Bertz CT molecular complexity index is 937. The Balaban J connectivity index is 1.68. The second-order valence-electron chi connectivity index (χ2n) is 6.54.